The summed E-state index contributed by atoms with van der Waals surface area (Å²) in [5.74, 6) is -0.969. The molecule has 0 radical (unpaired) electrons. The molecule has 22 heavy (non-hydrogen) atoms. The van der Waals surface area contributed by atoms with Crippen LogP contribution in [0.15, 0.2) is 12.4 Å². The summed E-state index contributed by atoms with van der Waals surface area (Å²) < 4.78 is 38.0. The molecule has 1 aromatic heterocycles. The van der Waals surface area contributed by atoms with Gasteiger partial charge in [-0.25, -0.2) is 14.8 Å². The van der Waals surface area contributed by atoms with Crippen LogP contribution in [0.1, 0.15) is 17.9 Å². The zero-order valence-electron chi connectivity index (χ0n) is 11.6. The first-order valence-electron chi connectivity index (χ1n) is 6.96. The summed E-state index contributed by atoms with van der Waals surface area (Å²) in [6, 6.07) is 0. The molecule has 9 heteroatoms. The summed E-state index contributed by atoms with van der Waals surface area (Å²) in [6.07, 6.45) is -1.92. The molecule has 2 fully saturated rings. The summed E-state index contributed by atoms with van der Waals surface area (Å²) in [7, 11) is 0. The summed E-state index contributed by atoms with van der Waals surface area (Å²) in [5, 5.41) is 8.77. The van der Waals surface area contributed by atoms with Crippen LogP contribution >= 0.6 is 0 Å². The molecule has 1 unspecified atom stereocenters. The highest BCUT2D eigenvalue weighted by atomic mass is 19.4. The minimum Gasteiger partial charge on any atom is -0.465 e. The average Bonchev–Trinajstić information content (AvgIpc) is 2.86. The quantitative estimate of drug-likeness (QED) is 0.903. The van der Waals surface area contributed by atoms with Gasteiger partial charge in [0, 0.05) is 44.5 Å². The highest BCUT2D eigenvalue weighted by Crippen LogP contribution is 2.34. The van der Waals surface area contributed by atoms with Crippen molar-refractivity contribution in [1.29, 1.82) is 0 Å². The number of carbonyl (C=O) groups is 1. The number of alkyl halides is 3. The van der Waals surface area contributed by atoms with Gasteiger partial charge in [0.15, 0.2) is 0 Å². The lowest BCUT2D eigenvalue weighted by Crippen LogP contribution is -2.47. The Bertz CT molecular complexity index is 557. The molecule has 3 rings (SSSR count). The summed E-state index contributed by atoms with van der Waals surface area (Å²) in [6.45, 7) is 0.981. The van der Waals surface area contributed by atoms with Gasteiger partial charge in [-0.1, -0.05) is 0 Å². The number of amides is 1. The second-order valence-electron chi connectivity index (χ2n) is 5.67. The van der Waals surface area contributed by atoms with Crippen molar-refractivity contribution in [2.75, 3.05) is 31.1 Å². The Hall–Kier alpha value is -2.06. The van der Waals surface area contributed by atoms with Crippen molar-refractivity contribution in [3.8, 4) is 0 Å². The summed E-state index contributed by atoms with van der Waals surface area (Å²) >= 11 is 0. The number of anilines is 1. The Labute approximate surface area is 124 Å². The topological polar surface area (TPSA) is 69.6 Å². The van der Waals surface area contributed by atoms with E-state index in [0.29, 0.717) is 25.6 Å². The fourth-order valence-corrected chi connectivity index (χ4v) is 2.76. The molecular weight excluding hydrogens is 301 g/mol. The van der Waals surface area contributed by atoms with E-state index < -0.39 is 18.2 Å². The van der Waals surface area contributed by atoms with E-state index >= 15 is 0 Å². The van der Waals surface area contributed by atoms with Crippen molar-refractivity contribution in [2.45, 2.75) is 18.5 Å². The van der Waals surface area contributed by atoms with Gasteiger partial charge in [-0.05, 0) is 12.0 Å². The number of hydrogen-bond acceptors (Lipinski definition) is 4. The number of likely N-dealkylation sites (tertiary alicyclic amines) is 1. The van der Waals surface area contributed by atoms with Crippen LogP contribution in [-0.2, 0) is 0 Å². The van der Waals surface area contributed by atoms with Gasteiger partial charge in [-0.2, -0.15) is 13.2 Å². The van der Waals surface area contributed by atoms with Crippen LogP contribution in [0.4, 0.5) is 23.9 Å². The summed E-state index contributed by atoms with van der Waals surface area (Å²) in [4.78, 5) is 21.8. The third-order valence-corrected chi connectivity index (χ3v) is 4.22. The molecule has 1 atom stereocenters. The molecular formula is C13H15F3N4O2. The van der Waals surface area contributed by atoms with Crippen molar-refractivity contribution in [1.82, 2.24) is 14.9 Å². The van der Waals surface area contributed by atoms with Gasteiger partial charge in [0.05, 0.1) is 5.92 Å². The fraction of sp³-hybridized carbons (Fsp3) is 0.615. The Kier molecular flexibility index (Phi) is 3.57. The van der Waals surface area contributed by atoms with Crippen LogP contribution in [0.25, 0.3) is 0 Å². The van der Waals surface area contributed by atoms with Crippen molar-refractivity contribution in [3.05, 3.63) is 18.0 Å². The molecule has 0 aliphatic carbocycles. The maximum atomic E-state index is 12.7. The first kappa shape index (κ1) is 14.9. The third kappa shape index (κ3) is 2.79. The molecule has 0 bridgehead atoms. The molecule has 6 nitrogen and oxygen atoms in total. The van der Waals surface area contributed by atoms with Gasteiger partial charge < -0.3 is 14.9 Å². The molecule has 2 aliphatic rings. The number of rotatable bonds is 2. The number of aromatic nitrogens is 2. The van der Waals surface area contributed by atoms with Crippen LogP contribution in [0.2, 0.25) is 0 Å². The first-order chi connectivity index (χ1) is 10.3. The zero-order valence-corrected chi connectivity index (χ0v) is 11.6. The van der Waals surface area contributed by atoms with E-state index in [0.717, 1.165) is 5.56 Å². The van der Waals surface area contributed by atoms with Gasteiger partial charge in [0.2, 0.25) is 5.95 Å². The van der Waals surface area contributed by atoms with Crippen LogP contribution in [0, 0.1) is 5.92 Å². The third-order valence-electron chi connectivity index (χ3n) is 4.22. The SMILES string of the molecule is O=C(O)N1CC(c2cnc(N3CCC(C(F)(F)F)C3)nc2)C1. The standard InChI is InChI=1S/C13H15F3N4O2/c14-13(15,16)10-1-2-19(7-10)11-17-3-8(4-18-11)9-5-20(6-9)12(21)22/h3-4,9-10H,1-2,5-7H2,(H,21,22). The molecule has 1 aromatic rings. The lowest BCUT2D eigenvalue weighted by atomic mass is 9.94. The lowest BCUT2D eigenvalue weighted by Gasteiger charge is -2.37. The Morgan fingerprint density at radius 1 is 1.23 bits per heavy atom. The number of hydrogen-bond donors (Lipinski definition) is 1. The Morgan fingerprint density at radius 2 is 1.86 bits per heavy atom. The minimum absolute atomic E-state index is 0.0603. The van der Waals surface area contributed by atoms with E-state index in [1.807, 2.05) is 0 Å². The monoisotopic (exact) mass is 316 g/mol. The zero-order chi connectivity index (χ0) is 15.9. The first-order valence-corrected chi connectivity index (χ1v) is 6.96. The Morgan fingerprint density at radius 3 is 2.36 bits per heavy atom. The van der Waals surface area contributed by atoms with Crippen LogP contribution in [0.5, 0.6) is 0 Å². The van der Waals surface area contributed by atoms with Crippen molar-refractivity contribution in [2.24, 2.45) is 5.92 Å². The van der Waals surface area contributed by atoms with E-state index in [2.05, 4.69) is 9.97 Å². The molecule has 2 saturated heterocycles. The molecule has 120 valence electrons. The molecule has 3 heterocycles. The van der Waals surface area contributed by atoms with E-state index in [1.165, 1.54) is 9.80 Å². The highest BCUT2D eigenvalue weighted by Gasteiger charge is 2.44. The smallest absolute Gasteiger partial charge is 0.407 e. The van der Waals surface area contributed by atoms with Crippen LogP contribution in [-0.4, -0.2) is 58.4 Å². The maximum Gasteiger partial charge on any atom is 0.407 e. The van der Waals surface area contributed by atoms with E-state index in [9.17, 15) is 18.0 Å². The van der Waals surface area contributed by atoms with E-state index in [-0.39, 0.29) is 18.9 Å². The largest absolute Gasteiger partial charge is 0.465 e. The molecule has 0 spiro atoms. The molecule has 0 saturated carbocycles. The van der Waals surface area contributed by atoms with Gasteiger partial charge in [0.25, 0.3) is 0 Å². The maximum absolute atomic E-state index is 12.7. The fourth-order valence-electron chi connectivity index (χ4n) is 2.76. The number of nitrogens with zero attached hydrogens (tertiary/aromatic N) is 4. The number of halogens is 3. The Balaban J connectivity index is 1.60. The van der Waals surface area contributed by atoms with Crippen molar-refractivity contribution >= 4 is 12.0 Å². The van der Waals surface area contributed by atoms with E-state index in [1.54, 1.807) is 12.4 Å². The number of carboxylic acid groups (broad SMARTS) is 1. The van der Waals surface area contributed by atoms with Crippen molar-refractivity contribution < 1.29 is 23.1 Å². The van der Waals surface area contributed by atoms with Gasteiger partial charge >= 0.3 is 12.3 Å². The average molecular weight is 316 g/mol. The second-order valence-corrected chi connectivity index (χ2v) is 5.67. The lowest BCUT2D eigenvalue weighted by molar-refractivity contribution is -0.168. The molecule has 1 N–H and O–H groups in total. The van der Waals surface area contributed by atoms with Crippen LogP contribution < -0.4 is 4.90 Å². The summed E-state index contributed by atoms with van der Waals surface area (Å²) in [5.41, 5.74) is 0.813. The molecule has 2 aliphatic heterocycles. The van der Waals surface area contributed by atoms with Gasteiger partial charge in [-0.15, -0.1) is 0 Å². The minimum atomic E-state index is -4.18. The molecule has 0 aromatic carbocycles. The predicted octanol–water partition coefficient (Wildman–Crippen LogP) is 1.94. The van der Waals surface area contributed by atoms with Crippen molar-refractivity contribution in [3.63, 3.8) is 0 Å². The predicted molar refractivity (Wildman–Crippen MR) is 70.7 cm³/mol. The van der Waals surface area contributed by atoms with Gasteiger partial charge in [-0.3, -0.25) is 0 Å². The van der Waals surface area contributed by atoms with Crippen LogP contribution in [0.3, 0.4) is 0 Å². The normalized spacial score (nSPS) is 22.8. The molecule has 1 amide bonds. The highest BCUT2D eigenvalue weighted by molar-refractivity contribution is 5.66. The van der Waals surface area contributed by atoms with Gasteiger partial charge in [0.1, 0.15) is 0 Å². The van der Waals surface area contributed by atoms with E-state index in [4.69, 9.17) is 5.11 Å². The second kappa shape index (κ2) is 5.29.